The zero-order valence-corrected chi connectivity index (χ0v) is 15.9. The predicted octanol–water partition coefficient (Wildman–Crippen LogP) is 4.41. The van der Waals surface area contributed by atoms with Crippen molar-refractivity contribution in [2.24, 2.45) is 0 Å². The third-order valence-corrected chi connectivity index (χ3v) is 3.83. The maximum Gasteiger partial charge on any atom is 0.272 e. The Bertz CT molecular complexity index is 716. The molecule has 0 atom stereocenters. The summed E-state index contributed by atoms with van der Waals surface area (Å²) in [6, 6.07) is 7.96. The minimum atomic E-state index is -0.0299. The number of anilines is 2. The topological polar surface area (TPSA) is 58.1 Å². The van der Waals surface area contributed by atoms with Gasteiger partial charge in [-0.3, -0.25) is 4.79 Å². The van der Waals surface area contributed by atoms with Crippen molar-refractivity contribution in [3.05, 3.63) is 46.8 Å². The van der Waals surface area contributed by atoms with Crippen molar-refractivity contribution in [1.82, 2.24) is 14.9 Å². The molecular formula is C20H28N4O. The molecule has 0 radical (unpaired) electrons. The van der Waals surface area contributed by atoms with Gasteiger partial charge in [-0.25, -0.2) is 9.97 Å². The van der Waals surface area contributed by atoms with Gasteiger partial charge in [0.2, 0.25) is 5.95 Å². The van der Waals surface area contributed by atoms with Gasteiger partial charge in [0.05, 0.1) is 0 Å². The second-order valence-corrected chi connectivity index (χ2v) is 6.51. The molecule has 1 N–H and O–H groups in total. The van der Waals surface area contributed by atoms with Gasteiger partial charge >= 0.3 is 0 Å². The standard InChI is InChI=1S/C20H28N4O/c1-6-8-24(9-7-2)19(25)18-13-16(5)21-20(23-18)22-17-11-14(3)10-15(4)12-17/h10-13H,6-9H2,1-5H3,(H,21,22,23). The summed E-state index contributed by atoms with van der Waals surface area (Å²) in [6.45, 7) is 11.6. The molecule has 25 heavy (non-hydrogen) atoms. The number of nitrogens with zero attached hydrogens (tertiary/aromatic N) is 3. The number of nitrogens with one attached hydrogen (secondary N) is 1. The average Bonchev–Trinajstić information content (AvgIpc) is 2.52. The number of amides is 1. The van der Waals surface area contributed by atoms with E-state index in [-0.39, 0.29) is 5.91 Å². The molecule has 0 unspecified atom stereocenters. The van der Waals surface area contributed by atoms with Crippen molar-refractivity contribution in [2.75, 3.05) is 18.4 Å². The van der Waals surface area contributed by atoms with Crippen LogP contribution >= 0.6 is 0 Å². The minimum absolute atomic E-state index is 0.0299. The molecular weight excluding hydrogens is 312 g/mol. The van der Waals surface area contributed by atoms with Crippen LogP contribution in [-0.2, 0) is 0 Å². The maximum absolute atomic E-state index is 12.8. The molecule has 0 spiro atoms. The summed E-state index contributed by atoms with van der Waals surface area (Å²) in [6.07, 6.45) is 1.87. The number of carbonyl (C=O) groups is 1. The molecule has 1 amide bonds. The van der Waals surface area contributed by atoms with Gasteiger partial charge in [0.15, 0.2) is 0 Å². The molecule has 0 aliphatic rings. The number of aromatic nitrogens is 2. The molecule has 2 aromatic rings. The Morgan fingerprint density at radius 3 is 2.12 bits per heavy atom. The van der Waals surface area contributed by atoms with Crippen molar-refractivity contribution in [3.8, 4) is 0 Å². The molecule has 2 rings (SSSR count). The van der Waals surface area contributed by atoms with Crippen molar-refractivity contribution in [3.63, 3.8) is 0 Å². The predicted molar refractivity (Wildman–Crippen MR) is 102 cm³/mol. The minimum Gasteiger partial charge on any atom is -0.337 e. The molecule has 1 heterocycles. The number of hydrogen-bond donors (Lipinski definition) is 1. The number of hydrogen-bond acceptors (Lipinski definition) is 4. The first kappa shape index (κ1) is 18.9. The highest BCUT2D eigenvalue weighted by atomic mass is 16.2. The van der Waals surface area contributed by atoms with E-state index in [4.69, 9.17) is 0 Å². The van der Waals surface area contributed by atoms with E-state index < -0.39 is 0 Å². The summed E-state index contributed by atoms with van der Waals surface area (Å²) in [7, 11) is 0. The van der Waals surface area contributed by atoms with Crippen LogP contribution in [0, 0.1) is 20.8 Å². The van der Waals surface area contributed by atoms with Crippen LogP contribution in [0.3, 0.4) is 0 Å². The van der Waals surface area contributed by atoms with Crippen LogP contribution < -0.4 is 5.32 Å². The number of benzene rings is 1. The van der Waals surface area contributed by atoms with E-state index in [9.17, 15) is 4.79 Å². The van der Waals surface area contributed by atoms with E-state index in [1.54, 1.807) is 6.07 Å². The Morgan fingerprint density at radius 1 is 0.960 bits per heavy atom. The van der Waals surface area contributed by atoms with Crippen LogP contribution in [-0.4, -0.2) is 33.9 Å². The summed E-state index contributed by atoms with van der Waals surface area (Å²) < 4.78 is 0. The zero-order chi connectivity index (χ0) is 18.4. The fourth-order valence-corrected chi connectivity index (χ4v) is 2.93. The Labute approximate surface area is 150 Å². The summed E-state index contributed by atoms with van der Waals surface area (Å²) in [5.74, 6) is 0.430. The first-order valence-electron chi connectivity index (χ1n) is 8.93. The molecule has 1 aromatic heterocycles. The third kappa shape index (κ3) is 5.28. The monoisotopic (exact) mass is 340 g/mol. The molecule has 0 saturated carbocycles. The first-order valence-corrected chi connectivity index (χ1v) is 8.93. The Hall–Kier alpha value is -2.43. The second-order valence-electron chi connectivity index (χ2n) is 6.51. The van der Waals surface area contributed by atoms with E-state index in [0.29, 0.717) is 11.6 Å². The molecule has 0 bridgehead atoms. The van der Waals surface area contributed by atoms with Crippen molar-refractivity contribution in [1.29, 1.82) is 0 Å². The third-order valence-electron chi connectivity index (χ3n) is 3.83. The van der Waals surface area contributed by atoms with Crippen LogP contribution in [0.1, 0.15) is 54.0 Å². The quantitative estimate of drug-likeness (QED) is 0.811. The van der Waals surface area contributed by atoms with Crippen LogP contribution in [0.15, 0.2) is 24.3 Å². The van der Waals surface area contributed by atoms with Gasteiger partial charge in [-0.1, -0.05) is 19.9 Å². The van der Waals surface area contributed by atoms with Gasteiger partial charge in [0.1, 0.15) is 5.69 Å². The van der Waals surface area contributed by atoms with Gasteiger partial charge in [0.25, 0.3) is 5.91 Å². The number of aryl methyl sites for hydroxylation is 3. The molecule has 0 saturated heterocycles. The van der Waals surface area contributed by atoms with Gasteiger partial charge < -0.3 is 10.2 Å². The smallest absolute Gasteiger partial charge is 0.272 e. The molecule has 0 aliphatic heterocycles. The van der Waals surface area contributed by atoms with Gasteiger partial charge in [-0.2, -0.15) is 0 Å². The fraction of sp³-hybridized carbons (Fsp3) is 0.450. The maximum atomic E-state index is 12.8. The van der Waals surface area contributed by atoms with Crippen LogP contribution in [0.4, 0.5) is 11.6 Å². The van der Waals surface area contributed by atoms with E-state index in [1.165, 1.54) is 11.1 Å². The lowest BCUT2D eigenvalue weighted by Gasteiger charge is -2.21. The lowest BCUT2D eigenvalue weighted by atomic mass is 10.1. The van der Waals surface area contributed by atoms with Crippen molar-refractivity contribution >= 4 is 17.5 Å². The van der Waals surface area contributed by atoms with Gasteiger partial charge in [-0.15, -0.1) is 0 Å². The highest BCUT2D eigenvalue weighted by Crippen LogP contribution is 2.18. The van der Waals surface area contributed by atoms with Crippen molar-refractivity contribution in [2.45, 2.75) is 47.5 Å². The SMILES string of the molecule is CCCN(CCC)C(=O)c1cc(C)nc(Nc2cc(C)cc(C)c2)n1. The molecule has 5 nitrogen and oxygen atoms in total. The van der Waals surface area contributed by atoms with Gasteiger partial charge in [0, 0.05) is 24.5 Å². The second kappa shape index (κ2) is 8.60. The number of rotatable bonds is 7. The Morgan fingerprint density at radius 2 is 1.56 bits per heavy atom. The molecule has 1 aromatic carbocycles. The average molecular weight is 340 g/mol. The largest absolute Gasteiger partial charge is 0.337 e. The Kier molecular flexibility index (Phi) is 6.51. The number of carbonyl (C=O) groups excluding carboxylic acids is 1. The lowest BCUT2D eigenvalue weighted by molar-refractivity contribution is 0.0749. The molecule has 5 heteroatoms. The summed E-state index contributed by atoms with van der Waals surface area (Å²) in [5, 5.41) is 3.23. The van der Waals surface area contributed by atoms with Crippen LogP contribution in [0.2, 0.25) is 0 Å². The lowest BCUT2D eigenvalue weighted by Crippen LogP contribution is -2.33. The van der Waals surface area contributed by atoms with Gasteiger partial charge in [-0.05, 0) is 62.9 Å². The summed E-state index contributed by atoms with van der Waals surface area (Å²) >= 11 is 0. The van der Waals surface area contributed by atoms with Crippen LogP contribution in [0.5, 0.6) is 0 Å². The zero-order valence-electron chi connectivity index (χ0n) is 15.9. The molecule has 134 valence electrons. The highest BCUT2D eigenvalue weighted by molar-refractivity contribution is 5.92. The first-order chi connectivity index (χ1) is 11.9. The van der Waals surface area contributed by atoms with E-state index in [2.05, 4.69) is 49.0 Å². The normalized spacial score (nSPS) is 10.6. The van der Waals surface area contributed by atoms with Crippen molar-refractivity contribution < 1.29 is 4.79 Å². The Balaban J connectivity index is 2.28. The fourth-order valence-electron chi connectivity index (χ4n) is 2.93. The summed E-state index contributed by atoms with van der Waals surface area (Å²) in [4.78, 5) is 23.6. The highest BCUT2D eigenvalue weighted by Gasteiger charge is 2.17. The molecule has 0 fully saturated rings. The van der Waals surface area contributed by atoms with E-state index in [1.807, 2.05) is 24.0 Å². The van der Waals surface area contributed by atoms with E-state index >= 15 is 0 Å². The summed E-state index contributed by atoms with van der Waals surface area (Å²) in [5.41, 5.74) is 4.49. The molecule has 0 aliphatic carbocycles. The van der Waals surface area contributed by atoms with Crippen LogP contribution in [0.25, 0.3) is 0 Å². The van der Waals surface area contributed by atoms with E-state index in [0.717, 1.165) is 37.3 Å².